The fourth-order valence-electron chi connectivity index (χ4n) is 3.29. The lowest BCUT2D eigenvalue weighted by atomic mass is 9.71. The van der Waals surface area contributed by atoms with E-state index < -0.39 is 0 Å². The summed E-state index contributed by atoms with van der Waals surface area (Å²) in [6.07, 6.45) is 4.66. The minimum atomic E-state index is -0.144. The first-order valence-electron chi connectivity index (χ1n) is 8.44. The molecule has 1 aliphatic rings. The number of thiocarbonyl (C=S) groups is 1. The van der Waals surface area contributed by atoms with Crippen LogP contribution in [0.3, 0.4) is 0 Å². The van der Waals surface area contributed by atoms with Gasteiger partial charge in [0.25, 0.3) is 5.91 Å². The molecule has 1 aromatic rings. The van der Waals surface area contributed by atoms with Gasteiger partial charge in [0.15, 0.2) is 5.11 Å². The molecular weight excluding hydrogens is 304 g/mol. The second-order valence-electron chi connectivity index (χ2n) is 7.71. The second kappa shape index (κ2) is 7.43. The SMILES string of the molecule is Cc1cccc(C(=O)NC(=S)NC2CCC(C(C)(C)C)CC2)c1. The molecule has 2 rings (SSSR count). The maximum atomic E-state index is 12.2. The van der Waals surface area contributed by atoms with E-state index in [4.69, 9.17) is 12.2 Å². The van der Waals surface area contributed by atoms with Crippen LogP contribution in [0.5, 0.6) is 0 Å². The molecule has 0 bridgehead atoms. The van der Waals surface area contributed by atoms with Crippen molar-refractivity contribution in [1.82, 2.24) is 10.6 Å². The molecule has 3 nitrogen and oxygen atoms in total. The average Bonchev–Trinajstić information content (AvgIpc) is 2.46. The number of benzene rings is 1. The van der Waals surface area contributed by atoms with Crippen molar-refractivity contribution in [2.75, 3.05) is 0 Å². The summed E-state index contributed by atoms with van der Waals surface area (Å²) in [5.74, 6) is 0.630. The molecule has 0 aromatic heterocycles. The molecular formula is C19H28N2OS. The molecule has 1 saturated carbocycles. The Bertz CT molecular complexity index is 569. The van der Waals surface area contributed by atoms with E-state index in [-0.39, 0.29) is 5.91 Å². The van der Waals surface area contributed by atoms with Crippen LogP contribution in [0.1, 0.15) is 62.4 Å². The van der Waals surface area contributed by atoms with Crippen LogP contribution in [0.4, 0.5) is 0 Å². The molecule has 0 unspecified atom stereocenters. The highest BCUT2D eigenvalue weighted by Gasteiger charge is 2.29. The minimum absolute atomic E-state index is 0.144. The average molecular weight is 333 g/mol. The Hall–Kier alpha value is -1.42. The van der Waals surface area contributed by atoms with E-state index in [1.54, 1.807) is 6.07 Å². The van der Waals surface area contributed by atoms with E-state index >= 15 is 0 Å². The maximum Gasteiger partial charge on any atom is 0.257 e. The highest BCUT2D eigenvalue weighted by molar-refractivity contribution is 7.80. The normalized spacial score (nSPS) is 21.6. The monoisotopic (exact) mass is 332 g/mol. The van der Waals surface area contributed by atoms with Gasteiger partial charge in [0.1, 0.15) is 0 Å². The van der Waals surface area contributed by atoms with Gasteiger partial charge in [0, 0.05) is 11.6 Å². The summed E-state index contributed by atoms with van der Waals surface area (Å²) in [7, 11) is 0. The first-order chi connectivity index (χ1) is 10.8. The number of aryl methyl sites for hydroxylation is 1. The Balaban J connectivity index is 1.81. The van der Waals surface area contributed by atoms with Gasteiger partial charge in [0.2, 0.25) is 0 Å². The van der Waals surface area contributed by atoms with E-state index in [9.17, 15) is 4.79 Å². The molecule has 0 saturated heterocycles. The standard InChI is InChI=1S/C19H28N2OS/c1-13-6-5-7-14(12-13)17(22)21-18(23)20-16-10-8-15(9-11-16)19(2,3)4/h5-7,12,15-16H,8-11H2,1-4H3,(H2,20,21,22,23). The van der Waals surface area contributed by atoms with Gasteiger partial charge in [0.05, 0.1) is 0 Å². The molecule has 1 aliphatic carbocycles. The van der Waals surface area contributed by atoms with Crippen LogP contribution in [-0.4, -0.2) is 17.1 Å². The lowest BCUT2D eigenvalue weighted by Crippen LogP contribution is -2.46. The Morgan fingerprint density at radius 3 is 2.39 bits per heavy atom. The van der Waals surface area contributed by atoms with Crippen LogP contribution in [0.25, 0.3) is 0 Å². The Morgan fingerprint density at radius 1 is 1.17 bits per heavy atom. The zero-order valence-electron chi connectivity index (χ0n) is 14.6. The molecule has 1 amide bonds. The fraction of sp³-hybridized carbons (Fsp3) is 0.579. The third kappa shape index (κ3) is 5.31. The molecule has 23 heavy (non-hydrogen) atoms. The predicted molar refractivity (Wildman–Crippen MR) is 99.6 cm³/mol. The topological polar surface area (TPSA) is 41.1 Å². The first kappa shape index (κ1) is 17.9. The molecule has 0 atom stereocenters. The van der Waals surface area contributed by atoms with Crippen LogP contribution in [0.2, 0.25) is 0 Å². The van der Waals surface area contributed by atoms with Crippen molar-refractivity contribution in [3.05, 3.63) is 35.4 Å². The summed E-state index contributed by atoms with van der Waals surface area (Å²) in [6.45, 7) is 8.93. The summed E-state index contributed by atoms with van der Waals surface area (Å²) < 4.78 is 0. The van der Waals surface area contributed by atoms with E-state index in [2.05, 4.69) is 31.4 Å². The number of nitrogens with one attached hydrogen (secondary N) is 2. The summed E-state index contributed by atoms with van der Waals surface area (Å²) in [5, 5.41) is 6.54. The second-order valence-corrected chi connectivity index (χ2v) is 8.12. The third-order valence-corrected chi connectivity index (χ3v) is 5.01. The number of carbonyl (C=O) groups excluding carboxylic acids is 1. The summed E-state index contributed by atoms with van der Waals surface area (Å²) in [4.78, 5) is 12.2. The minimum Gasteiger partial charge on any atom is -0.360 e. The highest BCUT2D eigenvalue weighted by Crippen LogP contribution is 2.37. The van der Waals surface area contributed by atoms with E-state index in [1.165, 1.54) is 12.8 Å². The van der Waals surface area contributed by atoms with E-state index in [0.717, 1.165) is 24.3 Å². The van der Waals surface area contributed by atoms with Crippen LogP contribution in [0, 0.1) is 18.3 Å². The number of hydrogen-bond acceptors (Lipinski definition) is 2. The molecule has 0 aliphatic heterocycles. The number of hydrogen-bond donors (Lipinski definition) is 2. The van der Waals surface area contributed by atoms with E-state index in [0.29, 0.717) is 22.1 Å². The van der Waals surface area contributed by atoms with Crippen molar-refractivity contribution in [1.29, 1.82) is 0 Å². The van der Waals surface area contributed by atoms with Gasteiger partial charge >= 0.3 is 0 Å². The van der Waals surface area contributed by atoms with Crippen LogP contribution in [0.15, 0.2) is 24.3 Å². The number of amides is 1. The Labute approximate surface area is 145 Å². The van der Waals surface area contributed by atoms with Crippen LogP contribution >= 0.6 is 12.2 Å². The lowest BCUT2D eigenvalue weighted by Gasteiger charge is -2.37. The van der Waals surface area contributed by atoms with Gasteiger partial charge < -0.3 is 5.32 Å². The van der Waals surface area contributed by atoms with Gasteiger partial charge in [-0.3, -0.25) is 10.1 Å². The van der Waals surface area contributed by atoms with Crippen molar-refractivity contribution in [3.8, 4) is 0 Å². The summed E-state index contributed by atoms with van der Waals surface area (Å²) >= 11 is 5.30. The highest BCUT2D eigenvalue weighted by atomic mass is 32.1. The first-order valence-corrected chi connectivity index (χ1v) is 8.85. The zero-order valence-corrected chi connectivity index (χ0v) is 15.4. The quantitative estimate of drug-likeness (QED) is 0.797. The third-order valence-electron chi connectivity index (χ3n) is 4.79. The molecule has 0 radical (unpaired) electrons. The van der Waals surface area contributed by atoms with Gasteiger partial charge in [-0.25, -0.2) is 0 Å². The van der Waals surface area contributed by atoms with Crippen LogP contribution < -0.4 is 10.6 Å². The zero-order chi connectivity index (χ0) is 17.0. The van der Waals surface area contributed by atoms with Crippen LogP contribution in [-0.2, 0) is 0 Å². The smallest absolute Gasteiger partial charge is 0.257 e. The molecule has 126 valence electrons. The maximum absolute atomic E-state index is 12.2. The summed E-state index contributed by atoms with van der Waals surface area (Å²) in [6, 6.07) is 7.90. The number of rotatable bonds is 2. The van der Waals surface area contributed by atoms with Gasteiger partial charge in [-0.05, 0) is 68.3 Å². The fourth-order valence-corrected chi connectivity index (χ4v) is 3.55. The van der Waals surface area contributed by atoms with Gasteiger partial charge in [-0.1, -0.05) is 38.5 Å². The molecule has 0 spiro atoms. The summed E-state index contributed by atoms with van der Waals surface area (Å²) in [5.41, 5.74) is 2.09. The van der Waals surface area contributed by atoms with Crippen molar-refractivity contribution >= 4 is 23.2 Å². The van der Waals surface area contributed by atoms with Gasteiger partial charge in [-0.15, -0.1) is 0 Å². The molecule has 1 aromatic carbocycles. The van der Waals surface area contributed by atoms with Crippen molar-refractivity contribution in [2.24, 2.45) is 11.3 Å². The largest absolute Gasteiger partial charge is 0.360 e. The Morgan fingerprint density at radius 2 is 1.83 bits per heavy atom. The Kier molecular flexibility index (Phi) is 5.79. The molecule has 1 fully saturated rings. The van der Waals surface area contributed by atoms with Crippen molar-refractivity contribution in [2.45, 2.75) is 59.4 Å². The molecule has 4 heteroatoms. The predicted octanol–water partition coefficient (Wildman–Crippen LogP) is 4.20. The number of carbonyl (C=O) groups is 1. The van der Waals surface area contributed by atoms with Crippen molar-refractivity contribution in [3.63, 3.8) is 0 Å². The molecule has 2 N–H and O–H groups in total. The van der Waals surface area contributed by atoms with Crippen molar-refractivity contribution < 1.29 is 4.79 Å². The van der Waals surface area contributed by atoms with Gasteiger partial charge in [-0.2, -0.15) is 0 Å². The molecule has 0 heterocycles. The van der Waals surface area contributed by atoms with E-state index in [1.807, 2.05) is 25.1 Å². The lowest BCUT2D eigenvalue weighted by molar-refractivity contribution is 0.0976.